The lowest BCUT2D eigenvalue weighted by atomic mass is 9.72. The van der Waals surface area contributed by atoms with Crippen LogP contribution in [0.3, 0.4) is 0 Å². The number of aryl methyl sites for hydroxylation is 2. The van der Waals surface area contributed by atoms with Crippen molar-refractivity contribution in [2.24, 2.45) is 22.7 Å². The molecule has 0 amide bonds. The maximum Gasteiger partial charge on any atom is 0.0896 e. The Kier molecular flexibility index (Phi) is 12.1. The topological polar surface area (TPSA) is 27.6 Å². The fourth-order valence-corrected chi connectivity index (χ4v) is 6.34. The molecule has 0 spiro atoms. The van der Waals surface area contributed by atoms with Gasteiger partial charge in [0.2, 0.25) is 0 Å². The van der Waals surface area contributed by atoms with E-state index in [2.05, 4.69) is 101 Å². The Hall–Kier alpha value is -2.81. The van der Waals surface area contributed by atoms with Gasteiger partial charge in [0.1, 0.15) is 0 Å². The van der Waals surface area contributed by atoms with E-state index in [1.54, 1.807) is 0 Å². The first-order valence-corrected chi connectivity index (χ1v) is 15.6. The molecular formula is C37H55N3. The molecule has 0 aliphatic heterocycles. The monoisotopic (exact) mass is 541 g/mol. The van der Waals surface area contributed by atoms with Gasteiger partial charge in [-0.2, -0.15) is 0 Å². The first-order valence-electron chi connectivity index (χ1n) is 15.6. The molecule has 0 bridgehead atoms. The SMILES string of the molecule is C=C(C)NCCCc1ccc(N(C)CCc2ccccc2C)c(N=C(C)[C@@H]2CCCC([C@@H](C)C(=C)C)C2)c1CC. The van der Waals surface area contributed by atoms with Gasteiger partial charge >= 0.3 is 0 Å². The van der Waals surface area contributed by atoms with Gasteiger partial charge in [-0.25, -0.2) is 0 Å². The Bertz CT molecular complexity index is 1170. The standard InChI is InChI=1S/C37H55N3/c1-10-35-32(19-14-23-38-27(4)5)20-21-36(40(9)24-22-31-16-12-11-15-28(31)6)37(35)39-30(8)34-18-13-17-33(25-34)29(7)26(2)3/h11-12,15-16,20-21,29,33-34,38H,2,4,10,13-14,17-19,22-25H2,1,3,5-9H3/t29-,33?,34+/m0/s1. The minimum absolute atomic E-state index is 0.554. The third kappa shape index (κ3) is 8.59. The molecule has 0 aromatic heterocycles. The quantitative estimate of drug-likeness (QED) is 0.146. The summed E-state index contributed by atoms with van der Waals surface area (Å²) >= 11 is 0. The second kappa shape index (κ2) is 15.3. The van der Waals surface area contributed by atoms with Crippen molar-refractivity contribution in [2.75, 3.05) is 25.0 Å². The number of rotatable bonds is 14. The fraction of sp³-hybridized carbons (Fsp3) is 0.541. The van der Waals surface area contributed by atoms with Gasteiger partial charge in [-0.3, -0.25) is 4.99 Å². The number of nitrogens with zero attached hydrogens (tertiary/aromatic N) is 2. The maximum atomic E-state index is 5.53. The van der Waals surface area contributed by atoms with Gasteiger partial charge in [0.05, 0.1) is 11.4 Å². The number of hydrogen-bond donors (Lipinski definition) is 1. The third-order valence-corrected chi connectivity index (χ3v) is 9.23. The molecule has 1 fully saturated rings. The van der Waals surface area contributed by atoms with Crippen LogP contribution in [0.1, 0.15) is 89.0 Å². The minimum Gasteiger partial charge on any atom is -0.389 e. The minimum atomic E-state index is 0.554. The van der Waals surface area contributed by atoms with E-state index in [0.29, 0.717) is 11.8 Å². The zero-order valence-corrected chi connectivity index (χ0v) is 26.6. The number of nitrogens with one attached hydrogen (secondary N) is 1. The number of aliphatic imine (C=N–C) groups is 1. The summed E-state index contributed by atoms with van der Waals surface area (Å²) in [6, 6.07) is 13.4. The average molecular weight is 542 g/mol. The first-order chi connectivity index (χ1) is 19.1. The van der Waals surface area contributed by atoms with Crippen molar-refractivity contribution < 1.29 is 0 Å². The number of hydrogen-bond acceptors (Lipinski definition) is 3. The molecule has 3 nitrogen and oxygen atoms in total. The van der Waals surface area contributed by atoms with Crippen LogP contribution in [0.5, 0.6) is 0 Å². The lowest BCUT2D eigenvalue weighted by Gasteiger charge is -2.33. The zero-order chi connectivity index (χ0) is 29.2. The second-order valence-corrected chi connectivity index (χ2v) is 12.3. The molecule has 0 heterocycles. The van der Waals surface area contributed by atoms with Crippen LogP contribution in [0, 0.1) is 24.7 Å². The van der Waals surface area contributed by atoms with Gasteiger partial charge in [-0.15, -0.1) is 0 Å². The zero-order valence-electron chi connectivity index (χ0n) is 26.6. The van der Waals surface area contributed by atoms with Crippen molar-refractivity contribution in [3.63, 3.8) is 0 Å². The normalized spacial score (nSPS) is 18.3. The molecule has 218 valence electrons. The summed E-state index contributed by atoms with van der Waals surface area (Å²) in [6.07, 6.45) is 9.26. The van der Waals surface area contributed by atoms with Crippen LogP contribution in [0.4, 0.5) is 11.4 Å². The molecule has 0 saturated heterocycles. The third-order valence-electron chi connectivity index (χ3n) is 9.23. The van der Waals surface area contributed by atoms with E-state index < -0.39 is 0 Å². The molecule has 3 heteroatoms. The summed E-state index contributed by atoms with van der Waals surface area (Å²) in [5.74, 6) is 1.86. The fourth-order valence-electron chi connectivity index (χ4n) is 6.34. The van der Waals surface area contributed by atoms with E-state index in [0.717, 1.165) is 50.4 Å². The molecule has 3 rings (SSSR count). The van der Waals surface area contributed by atoms with E-state index in [4.69, 9.17) is 4.99 Å². The Balaban J connectivity index is 1.93. The molecule has 2 aromatic carbocycles. The largest absolute Gasteiger partial charge is 0.389 e. The highest BCUT2D eigenvalue weighted by Gasteiger charge is 2.28. The van der Waals surface area contributed by atoms with Crippen LogP contribution in [0.15, 0.2) is 65.8 Å². The van der Waals surface area contributed by atoms with Gasteiger partial charge in [0.25, 0.3) is 0 Å². The Morgan fingerprint density at radius 2 is 1.80 bits per heavy atom. The Morgan fingerprint density at radius 3 is 2.48 bits per heavy atom. The van der Waals surface area contributed by atoms with Crippen LogP contribution in [-0.2, 0) is 19.3 Å². The molecule has 1 N–H and O–H groups in total. The lowest BCUT2D eigenvalue weighted by molar-refractivity contribution is 0.260. The molecule has 40 heavy (non-hydrogen) atoms. The van der Waals surface area contributed by atoms with Crippen molar-refractivity contribution in [1.82, 2.24) is 5.32 Å². The summed E-state index contributed by atoms with van der Waals surface area (Å²) in [4.78, 5) is 7.95. The number of anilines is 1. The molecule has 1 aliphatic rings. The summed E-state index contributed by atoms with van der Waals surface area (Å²) in [5.41, 5.74) is 11.8. The Morgan fingerprint density at radius 1 is 1.05 bits per heavy atom. The van der Waals surface area contributed by atoms with Gasteiger partial charge in [0, 0.05) is 31.5 Å². The lowest BCUT2D eigenvalue weighted by Crippen LogP contribution is -2.26. The highest BCUT2D eigenvalue weighted by Crippen LogP contribution is 2.40. The van der Waals surface area contributed by atoms with Crippen LogP contribution in [0.25, 0.3) is 0 Å². The van der Waals surface area contributed by atoms with Gasteiger partial charge < -0.3 is 10.2 Å². The van der Waals surface area contributed by atoms with Gasteiger partial charge in [-0.1, -0.05) is 69.3 Å². The van der Waals surface area contributed by atoms with Crippen molar-refractivity contribution >= 4 is 17.1 Å². The Labute approximate surface area is 245 Å². The van der Waals surface area contributed by atoms with Crippen LogP contribution in [-0.4, -0.2) is 25.8 Å². The molecular weight excluding hydrogens is 486 g/mol. The summed E-state index contributed by atoms with van der Waals surface area (Å²) < 4.78 is 0. The smallest absolute Gasteiger partial charge is 0.0896 e. The second-order valence-electron chi connectivity index (χ2n) is 12.3. The average Bonchev–Trinajstić information content (AvgIpc) is 2.94. The predicted octanol–water partition coefficient (Wildman–Crippen LogP) is 9.40. The number of likely N-dealkylation sites (N-methyl/N-ethyl adjacent to an activating group) is 1. The number of benzene rings is 2. The summed E-state index contributed by atoms with van der Waals surface area (Å²) in [7, 11) is 2.24. The van der Waals surface area contributed by atoms with E-state index in [9.17, 15) is 0 Å². The van der Waals surface area contributed by atoms with E-state index in [1.807, 2.05) is 6.92 Å². The highest BCUT2D eigenvalue weighted by molar-refractivity contribution is 5.90. The van der Waals surface area contributed by atoms with Crippen molar-refractivity contribution in [1.29, 1.82) is 0 Å². The van der Waals surface area contributed by atoms with E-state index in [1.165, 1.54) is 70.6 Å². The van der Waals surface area contributed by atoms with E-state index in [-0.39, 0.29) is 0 Å². The van der Waals surface area contributed by atoms with Crippen molar-refractivity contribution in [3.8, 4) is 0 Å². The van der Waals surface area contributed by atoms with E-state index >= 15 is 0 Å². The molecule has 3 atom stereocenters. The molecule has 0 radical (unpaired) electrons. The molecule has 1 aliphatic carbocycles. The summed E-state index contributed by atoms with van der Waals surface area (Å²) in [5, 5.41) is 3.39. The first kappa shape index (κ1) is 31.7. The molecule has 1 saturated carbocycles. The van der Waals surface area contributed by atoms with Crippen LogP contribution < -0.4 is 10.2 Å². The van der Waals surface area contributed by atoms with Crippen molar-refractivity contribution in [2.45, 2.75) is 92.9 Å². The van der Waals surface area contributed by atoms with Crippen molar-refractivity contribution in [3.05, 3.63) is 83.1 Å². The predicted molar refractivity (Wildman–Crippen MR) is 177 cm³/mol. The maximum absolute atomic E-state index is 5.53. The van der Waals surface area contributed by atoms with Crippen LogP contribution >= 0.6 is 0 Å². The van der Waals surface area contributed by atoms with Gasteiger partial charge in [0.15, 0.2) is 0 Å². The number of allylic oxidation sites excluding steroid dienone is 2. The molecule has 2 aromatic rings. The highest BCUT2D eigenvalue weighted by atomic mass is 15.1. The molecule has 1 unspecified atom stereocenters. The van der Waals surface area contributed by atoms with Gasteiger partial charge in [-0.05, 0) is 119 Å². The van der Waals surface area contributed by atoms with Crippen LogP contribution in [0.2, 0.25) is 0 Å². The summed E-state index contributed by atoms with van der Waals surface area (Å²) in [6.45, 7) is 23.6.